The first kappa shape index (κ1) is 18.1. The maximum atomic E-state index is 11.7. The molecule has 27 heavy (non-hydrogen) atoms. The van der Waals surface area contributed by atoms with Gasteiger partial charge in [-0.25, -0.2) is 9.97 Å². The Balaban J connectivity index is 2.01. The molecule has 0 aliphatic rings. The summed E-state index contributed by atoms with van der Waals surface area (Å²) in [7, 11) is 1.53. The van der Waals surface area contributed by atoms with E-state index in [9.17, 15) is 10.1 Å². The zero-order valence-corrected chi connectivity index (χ0v) is 15.0. The molecule has 0 amide bonds. The first-order valence-corrected chi connectivity index (χ1v) is 8.38. The topological polar surface area (TPSA) is 102 Å². The van der Waals surface area contributed by atoms with Gasteiger partial charge in [-0.05, 0) is 30.2 Å². The highest BCUT2D eigenvalue weighted by atomic mass is 16.6. The van der Waals surface area contributed by atoms with Crippen molar-refractivity contribution in [3.63, 3.8) is 0 Å². The van der Waals surface area contributed by atoms with Gasteiger partial charge >= 0.3 is 5.69 Å². The largest absolute Gasteiger partial charge is 0.495 e. The lowest BCUT2D eigenvalue weighted by molar-refractivity contribution is -0.383. The number of ether oxygens (including phenoxy) is 1. The van der Waals surface area contributed by atoms with Crippen molar-refractivity contribution in [3.05, 3.63) is 70.5 Å². The van der Waals surface area contributed by atoms with Crippen LogP contribution >= 0.6 is 0 Å². The lowest BCUT2D eigenvalue weighted by atomic mass is 10.1. The zero-order chi connectivity index (χ0) is 19.2. The molecule has 0 saturated carbocycles. The quantitative estimate of drug-likeness (QED) is 0.471. The number of aryl methyl sites for hydroxylation is 1. The number of methoxy groups -OCH3 is 1. The van der Waals surface area contributed by atoms with Crippen LogP contribution in [0.15, 0.2) is 54.9 Å². The monoisotopic (exact) mass is 365 g/mol. The minimum atomic E-state index is -0.505. The molecule has 2 N–H and O–H groups in total. The number of hydrogen-bond acceptors (Lipinski definition) is 7. The van der Waals surface area contributed by atoms with Gasteiger partial charge < -0.3 is 15.4 Å². The number of rotatable bonds is 7. The van der Waals surface area contributed by atoms with Crippen molar-refractivity contribution < 1.29 is 9.66 Å². The highest BCUT2D eigenvalue weighted by Crippen LogP contribution is 2.35. The molecule has 0 fully saturated rings. The van der Waals surface area contributed by atoms with Crippen LogP contribution in [-0.4, -0.2) is 22.0 Å². The second kappa shape index (κ2) is 8.13. The predicted octanol–water partition coefficient (Wildman–Crippen LogP) is 4.44. The summed E-state index contributed by atoms with van der Waals surface area (Å²) in [5.74, 6) is 0.750. The molecule has 3 rings (SSSR count). The van der Waals surface area contributed by atoms with Crippen LogP contribution in [0.1, 0.15) is 12.5 Å². The fourth-order valence-corrected chi connectivity index (χ4v) is 2.69. The highest BCUT2D eigenvalue weighted by Gasteiger charge is 2.24. The number of nitro groups is 1. The number of aromatic nitrogens is 2. The minimum absolute atomic E-state index is 0.0796. The number of hydrogen-bond donors (Lipinski definition) is 2. The summed E-state index contributed by atoms with van der Waals surface area (Å²) in [4.78, 5) is 19.4. The van der Waals surface area contributed by atoms with Crippen LogP contribution < -0.4 is 15.4 Å². The van der Waals surface area contributed by atoms with Crippen molar-refractivity contribution in [2.24, 2.45) is 0 Å². The molecule has 0 unspecified atom stereocenters. The third-order valence-electron chi connectivity index (χ3n) is 4.02. The van der Waals surface area contributed by atoms with Crippen LogP contribution in [0.4, 0.5) is 28.7 Å². The molecule has 3 aromatic rings. The molecule has 0 bridgehead atoms. The number of anilines is 4. The van der Waals surface area contributed by atoms with Gasteiger partial charge in [0, 0.05) is 5.69 Å². The zero-order valence-electron chi connectivity index (χ0n) is 15.0. The molecule has 1 aromatic heterocycles. The summed E-state index contributed by atoms with van der Waals surface area (Å²) in [6, 6.07) is 14.7. The molecule has 0 aliphatic carbocycles. The van der Waals surface area contributed by atoms with E-state index in [2.05, 4.69) is 20.6 Å². The van der Waals surface area contributed by atoms with E-state index in [4.69, 9.17) is 4.74 Å². The van der Waals surface area contributed by atoms with Crippen LogP contribution in [0.25, 0.3) is 0 Å². The number of nitrogens with one attached hydrogen (secondary N) is 2. The Morgan fingerprint density at radius 2 is 1.59 bits per heavy atom. The fraction of sp³-hybridized carbons (Fsp3) is 0.158. The van der Waals surface area contributed by atoms with E-state index in [1.165, 1.54) is 13.4 Å². The number of benzene rings is 2. The predicted molar refractivity (Wildman–Crippen MR) is 104 cm³/mol. The molecule has 0 aliphatic heterocycles. The molecule has 1 heterocycles. The molecule has 2 aromatic carbocycles. The summed E-state index contributed by atoms with van der Waals surface area (Å²) in [6.45, 7) is 2.02. The smallest absolute Gasteiger partial charge is 0.353 e. The molecule has 8 heteroatoms. The number of para-hydroxylation sites is 3. The van der Waals surface area contributed by atoms with Gasteiger partial charge in [-0.15, -0.1) is 0 Å². The maximum Gasteiger partial charge on any atom is 0.353 e. The Kier molecular flexibility index (Phi) is 5.46. The summed E-state index contributed by atoms with van der Waals surface area (Å²) < 4.78 is 5.28. The maximum absolute atomic E-state index is 11.7. The van der Waals surface area contributed by atoms with Crippen LogP contribution in [-0.2, 0) is 6.42 Å². The van der Waals surface area contributed by atoms with E-state index < -0.39 is 4.92 Å². The van der Waals surface area contributed by atoms with Crippen molar-refractivity contribution in [2.45, 2.75) is 13.3 Å². The lowest BCUT2D eigenvalue weighted by Crippen LogP contribution is -2.06. The van der Waals surface area contributed by atoms with Gasteiger partial charge in [-0.2, -0.15) is 0 Å². The number of nitrogens with zero attached hydrogens (tertiary/aromatic N) is 3. The van der Waals surface area contributed by atoms with Gasteiger partial charge in [0.25, 0.3) is 0 Å². The van der Waals surface area contributed by atoms with Crippen LogP contribution in [0.5, 0.6) is 5.75 Å². The Morgan fingerprint density at radius 1 is 1.00 bits per heavy atom. The van der Waals surface area contributed by atoms with Gasteiger partial charge in [0.05, 0.1) is 17.7 Å². The molecule has 0 saturated heterocycles. The molecule has 8 nitrogen and oxygen atoms in total. The average Bonchev–Trinajstić information content (AvgIpc) is 2.68. The van der Waals surface area contributed by atoms with Crippen LogP contribution in [0.2, 0.25) is 0 Å². The van der Waals surface area contributed by atoms with E-state index in [1.54, 1.807) is 18.2 Å². The Bertz CT molecular complexity index is 894. The Hall–Kier alpha value is -3.68. The second-order valence-electron chi connectivity index (χ2n) is 5.64. The van der Waals surface area contributed by atoms with Gasteiger partial charge in [0.1, 0.15) is 12.1 Å². The van der Waals surface area contributed by atoms with Crippen LogP contribution in [0.3, 0.4) is 0 Å². The minimum Gasteiger partial charge on any atom is -0.495 e. The van der Waals surface area contributed by atoms with E-state index in [0.29, 0.717) is 11.4 Å². The van der Waals surface area contributed by atoms with E-state index in [0.717, 1.165) is 17.7 Å². The van der Waals surface area contributed by atoms with Crippen molar-refractivity contribution in [1.82, 2.24) is 9.97 Å². The molecular weight excluding hydrogens is 346 g/mol. The van der Waals surface area contributed by atoms with Crippen molar-refractivity contribution in [2.75, 3.05) is 17.7 Å². The fourth-order valence-electron chi connectivity index (χ4n) is 2.69. The van der Waals surface area contributed by atoms with Crippen molar-refractivity contribution in [3.8, 4) is 5.75 Å². The van der Waals surface area contributed by atoms with Gasteiger partial charge in [0.15, 0.2) is 0 Å². The van der Waals surface area contributed by atoms with E-state index >= 15 is 0 Å². The highest BCUT2D eigenvalue weighted by molar-refractivity contribution is 5.78. The summed E-state index contributed by atoms with van der Waals surface area (Å²) in [5, 5.41) is 17.8. The lowest BCUT2D eigenvalue weighted by Gasteiger charge is -2.13. The summed E-state index contributed by atoms with van der Waals surface area (Å²) in [6.07, 6.45) is 2.07. The van der Waals surface area contributed by atoms with Crippen molar-refractivity contribution in [1.29, 1.82) is 0 Å². The average molecular weight is 365 g/mol. The molecular formula is C19H19N5O3. The van der Waals surface area contributed by atoms with Gasteiger partial charge in [0.2, 0.25) is 11.6 Å². The van der Waals surface area contributed by atoms with Crippen LogP contribution in [0, 0.1) is 10.1 Å². The first-order chi connectivity index (χ1) is 13.1. The van der Waals surface area contributed by atoms with E-state index in [1.807, 2.05) is 37.3 Å². The summed E-state index contributed by atoms with van der Waals surface area (Å²) in [5.41, 5.74) is 2.13. The standard InChI is InChI=1S/C19H19N5O3/c1-3-13-8-4-5-9-14(13)22-18-17(24(25)26)19(21-12-20-18)23-15-10-6-7-11-16(15)27-2/h4-12H,3H2,1-2H3,(H2,20,21,22,23). The van der Waals surface area contributed by atoms with Crippen molar-refractivity contribution >= 4 is 28.7 Å². The Morgan fingerprint density at radius 3 is 2.22 bits per heavy atom. The third-order valence-corrected chi connectivity index (χ3v) is 4.02. The van der Waals surface area contributed by atoms with Gasteiger partial charge in [-0.1, -0.05) is 37.3 Å². The second-order valence-corrected chi connectivity index (χ2v) is 5.64. The molecule has 138 valence electrons. The first-order valence-electron chi connectivity index (χ1n) is 8.38. The normalized spacial score (nSPS) is 10.3. The van der Waals surface area contributed by atoms with E-state index in [-0.39, 0.29) is 17.3 Å². The third kappa shape index (κ3) is 3.95. The molecule has 0 atom stereocenters. The summed E-state index contributed by atoms with van der Waals surface area (Å²) >= 11 is 0. The van der Waals surface area contributed by atoms with Gasteiger partial charge in [-0.3, -0.25) is 10.1 Å². The SMILES string of the molecule is CCc1ccccc1Nc1ncnc(Nc2ccccc2OC)c1[N+](=O)[O-]. The molecule has 0 radical (unpaired) electrons. The molecule has 0 spiro atoms. The Labute approximate surface area is 156 Å².